The summed E-state index contributed by atoms with van der Waals surface area (Å²) in [6, 6.07) is 27.4. The summed E-state index contributed by atoms with van der Waals surface area (Å²) in [5.41, 5.74) is 4.48. The minimum atomic E-state index is -0.925. The molecule has 0 spiro atoms. The Morgan fingerprint density at radius 1 is 0.885 bits per heavy atom. The van der Waals surface area contributed by atoms with Crippen LogP contribution in [0.4, 0.5) is 5.69 Å². The van der Waals surface area contributed by atoms with Crippen molar-refractivity contribution < 1.29 is 9.90 Å². The van der Waals surface area contributed by atoms with Gasteiger partial charge in [0.15, 0.2) is 0 Å². The van der Waals surface area contributed by atoms with E-state index >= 15 is 0 Å². The highest BCUT2D eigenvalue weighted by atomic mass is 16.4. The predicted molar refractivity (Wildman–Crippen MR) is 103 cm³/mol. The normalized spacial score (nSPS) is 16.4. The van der Waals surface area contributed by atoms with Gasteiger partial charge in [-0.3, -0.25) is 5.01 Å². The molecule has 0 unspecified atom stereocenters. The lowest BCUT2D eigenvalue weighted by molar-refractivity contribution is 0.0697. The van der Waals surface area contributed by atoms with Gasteiger partial charge in [0, 0.05) is 6.42 Å². The summed E-state index contributed by atoms with van der Waals surface area (Å²) >= 11 is 0. The maximum atomic E-state index is 11.1. The summed E-state index contributed by atoms with van der Waals surface area (Å²) in [7, 11) is 0. The fraction of sp³-hybridized carbons (Fsp3) is 0.0909. The minimum Gasteiger partial charge on any atom is -0.478 e. The summed E-state index contributed by atoms with van der Waals surface area (Å²) in [4.78, 5) is 11.1. The standard InChI is InChI=1S/C22H18N2O2/c25-22(26)18-11-13-19(14-12-18)24-21(17-9-5-2-6-10-17)15-20(23-24)16-7-3-1-4-8-16/h1-14,21H,15H2,(H,25,26)/t21-/m0/s1. The summed E-state index contributed by atoms with van der Waals surface area (Å²) in [5, 5.41) is 16.0. The van der Waals surface area contributed by atoms with Crippen molar-refractivity contribution in [2.75, 3.05) is 5.01 Å². The molecule has 3 aromatic carbocycles. The molecule has 0 amide bonds. The van der Waals surface area contributed by atoms with Crippen LogP contribution < -0.4 is 5.01 Å². The van der Waals surface area contributed by atoms with Crippen molar-refractivity contribution in [2.24, 2.45) is 5.10 Å². The Kier molecular flexibility index (Phi) is 4.23. The SMILES string of the molecule is O=C(O)c1ccc(N2N=C(c3ccccc3)C[C@H]2c2ccccc2)cc1. The Balaban J connectivity index is 1.73. The van der Waals surface area contributed by atoms with Gasteiger partial charge in [-0.25, -0.2) is 4.79 Å². The maximum Gasteiger partial charge on any atom is 0.335 e. The molecule has 128 valence electrons. The van der Waals surface area contributed by atoms with Crippen molar-refractivity contribution in [3.63, 3.8) is 0 Å². The van der Waals surface area contributed by atoms with Gasteiger partial charge in [0.25, 0.3) is 0 Å². The van der Waals surface area contributed by atoms with Crippen molar-refractivity contribution in [1.29, 1.82) is 0 Å². The van der Waals surface area contributed by atoms with E-state index in [1.807, 2.05) is 53.5 Å². The monoisotopic (exact) mass is 342 g/mol. The topological polar surface area (TPSA) is 52.9 Å². The van der Waals surface area contributed by atoms with Gasteiger partial charge in [0.05, 0.1) is 23.0 Å². The molecular weight excluding hydrogens is 324 g/mol. The lowest BCUT2D eigenvalue weighted by atomic mass is 9.98. The van der Waals surface area contributed by atoms with E-state index < -0.39 is 5.97 Å². The average molecular weight is 342 g/mol. The van der Waals surface area contributed by atoms with Crippen molar-refractivity contribution >= 4 is 17.4 Å². The van der Waals surface area contributed by atoms with Crippen LogP contribution in [0.5, 0.6) is 0 Å². The molecule has 4 rings (SSSR count). The Morgan fingerprint density at radius 3 is 2.12 bits per heavy atom. The van der Waals surface area contributed by atoms with Crippen LogP contribution in [0.1, 0.15) is 33.9 Å². The molecule has 1 N–H and O–H groups in total. The number of hydrazone groups is 1. The second-order valence-corrected chi connectivity index (χ2v) is 6.24. The average Bonchev–Trinajstić information content (AvgIpc) is 3.15. The number of hydrogen-bond acceptors (Lipinski definition) is 3. The number of aromatic carboxylic acids is 1. The summed E-state index contributed by atoms with van der Waals surface area (Å²) in [5.74, 6) is -0.925. The molecule has 3 aromatic rings. The maximum absolute atomic E-state index is 11.1. The molecule has 0 aliphatic carbocycles. The molecule has 1 aliphatic heterocycles. The number of carboxylic acid groups (broad SMARTS) is 1. The van der Waals surface area contributed by atoms with E-state index in [2.05, 4.69) is 24.3 Å². The highest BCUT2D eigenvalue weighted by Crippen LogP contribution is 2.36. The zero-order valence-electron chi connectivity index (χ0n) is 14.1. The first-order valence-electron chi connectivity index (χ1n) is 8.53. The molecule has 1 atom stereocenters. The van der Waals surface area contributed by atoms with Gasteiger partial charge in [-0.1, -0.05) is 60.7 Å². The highest BCUT2D eigenvalue weighted by Gasteiger charge is 2.29. The van der Waals surface area contributed by atoms with Gasteiger partial charge in [0.2, 0.25) is 0 Å². The smallest absolute Gasteiger partial charge is 0.335 e. The molecule has 0 saturated heterocycles. The molecule has 1 heterocycles. The number of carbonyl (C=O) groups is 1. The van der Waals surface area contributed by atoms with Crippen LogP contribution in [0.25, 0.3) is 0 Å². The van der Waals surface area contributed by atoms with Crippen molar-refractivity contribution in [2.45, 2.75) is 12.5 Å². The molecule has 0 saturated carbocycles. The Bertz CT molecular complexity index is 935. The highest BCUT2D eigenvalue weighted by molar-refractivity contribution is 6.03. The lowest BCUT2D eigenvalue weighted by Gasteiger charge is -2.24. The van der Waals surface area contributed by atoms with Crippen LogP contribution in [-0.2, 0) is 0 Å². The zero-order chi connectivity index (χ0) is 17.9. The first kappa shape index (κ1) is 16.1. The second-order valence-electron chi connectivity index (χ2n) is 6.24. The Morgan fingerprint density at radius 2 is 1.50 bits per heavy atom. The first-order valence-corrected chi connectivity index (χ1v) is 8.53. The molecule has 4 heteroatoms. The summed E-state index contributed by atoms with van der Waals surface area (Å²) in [6.45, 7) is 0. The predicted octanol–water partition coefficient (Wildman–Crippen LogP) is 4.74. The number of benzene rings is 3. The van der Waals surface area contributed by atoms with Crippen LogP contribution in [0.15, 0.2) is 90.0 Å². The minimum absolute atomic E-state index is 0.0853. The number of rotatable bonds is 4. The number of hydrogen-bond donors (Lipinski definition) is 1. The van der Waals surface area contributed by atoms with E-state index in [0.29, 0.717) is 0 Å². The molecule has 0 radical (unpaired) electrons. The van der Waals surface area contributed by atoms with Crippen LogP contribution in [0, 0.1) is 0 Å². The third-order valence-electron chi connectivity index (χ3n) is 4.58. The molecule has 0 aromatic heterocycles. The second kappa shape index (κ2) is 6.84. The van der Waals surface area contributed by atoms with Gasteiger partial charge in [0.1, 0.15) is 0 Å². The van der Waals surface area contributed by atoms with Crippen molar-refractivity contribution in [1.82, 2.24) is 0 Å². The quantitative estimate of drug-likeness (QED) is 0.745. The van der Waals surface area contributed by atoms with Gasteiger partial charge in [-0.15, -0.1) is 0 Å². The fourth-order valence-electron chi connectivity index (χ4n) is 3.24. The summed E-state index contributed by atoms with van der Waals surface area (Å²) in [6.07, 6.45) is 0.800. The Hall–Kier alpha value is -3.40. The molecule has 0 fully saturated rings. The number of nitrogens with zero attached hydrogens (tertiary/aromatic N) is 2. The fourth-order valence-corrected chi connectivity index (χ4v) is 3.24. The van der Waals surface area contributed by atoms with Gasteiger partial charge in [-0.2, -0.15) is 5.10 Å². The van der Waals surface area contributed by atoms with Crippen LogP contribution in [0.2, 0.25) is 0 Å². The Labute approximate surface area is 152 Å². The number of carboxylic acids is 1. The molecule has 0 bridgehead atoms. The van der Waals surface area contributed by atoms with Crippen molar-refractivity contribution in [3.8, 4) is 0 Å². The van der Waals surface area contributed by atoms with E-state index in [1.165, 1.54) is 5.56 Å². The molecule has 4 nitrogen and oxygen atoms in total. The van der Waals surface area contributed by atoms with Crippen LogP contribution >= 0.6 is 0 Å². The van der Waals surface area contributed by atoms with Gasteiger partial charge < -0.3 is 5.11 Å². The van der Waals surface area contributed by atoms with Crippen molar-refractivity contribution in [3.05, 3.63) is 102 Å². The third-order valence-corrected chi connectivity index (χ3v) is 4.58. The number of anilines is 1. The van der Waals surface area contributed by atoms with E-state index in [4.69, 9.17) is 10.2 Å². The van der Waals surface area contributed by atoms with Crippen LogP contribution in [-0.4, -0.2) is 16.8 Å². The van der Waals surface area contributed by atoms with Gasteiger partial charge in [-0.05, 0) is 35.4 Å². The summed E-state index contributed by atoms with van der Waals surface area (Å²) < 4.78 is 0. The molecular formula is C22H18N2O2. The molecule has 1 aliphatic rings. The lowest BCUT2D eigenvalue weighted by Crippen LogP contribution is -2.18. The zero-order valence-corrected chi connectivity index (χ0v) is 14.1. The van der Waals surface area contributed by atoms with E-state index in [9.17, 15) is 4.79 Å². The largest absolute Gasteiger partial charge is 0.478 e. The first-order chi connectivity index (χ1) is 12.7. The van der Waals surface area contributed by atoms with E-state index in [-0.39, 0.29) is 11.6 Å². The van der Waals surface area contributed by atoms with E-state index in [0.717, 1.165) is 23.4 Å². The van der Waals surface area contributed by atoms with Gasteiger partial charge >= 0.3 is 5.97 Å². The third kappa shape index (κ3) is 3.09. The molecule has 26 heavy (non-hydrogen) atoms. The van der Waals surface area contributed by atoms with E-state index in [1.54, 1.807) is 12.1 Å². The van der Waals surface area contributed by atoms with Crippen LogP contribution in [0.3, 0.4) is 0 Å².